The van der Waals surface area contributed by atoms with Crippen LogP contribution in [-0.2, 0) is 6.54 Å². The lowest BCUT2D eigenvalue weighted by Gasteiger charge is -2.17. The first kappa shape index (κ1) is 14.3. The normalized spacial score (nSPS) is 10.2. The van der Waals surface area contributed by atoms with Crippen molar-refractivity contribution in [3.05, 3.63) is 52.9 Å². The molecule has 1 amide bonds. The molecule has 104 valence electrons. The highest BCUT2D eigenvalue weighted by molar-refractivity contribution is 6.31. The fraction of sp³-hybridized carbons (Fsp3) is 0.214. The highest BCUT2D eigenvalue weighted by atomic mass is 35.5. The summed E-state index contributed by atoms with van der Waals surface area (Å²) in [5, 5.41) is 3.50. The smallest absolute Gasteiger partial charge is 0.274 e. The van der Waals surface area contributed by atoms with Crippen LogP contribution in [0.1, 0.15) is 16.1 Å². The van der Waals surface area contributed by atoms with Crippen molar-refractivity contribution in [2.45, 2.75) is 6.54 Å². The van der Waals surface area contributed by atoms with E-state index in [0.717, 1.165) is 5.56 Å². The maximum absolute atomic E-state index is 12.2. The van der Waals surface area contributed by atoms with Crippen LogP contribution >= 0.6 is 11.6 Å². The maximum atomic E-state index is 12.2. The predicted molar refractivity (Wildman–Crippen MR) is 78.8 cm³/mol. The van der Waals surface area contributed by atoms with E-state index in [-0.39, 0.29) is 5.91 Å². The van der Waals surface area contributed by atoms with Crippen LogP contribution in [0.25, 0.3) is 0 Å². The third kappa shape index (κ3) is 3.24. The third-order valence-corrected chi connectivity index (χ3v) is 3.21. The summed E-state index contributed by atoms with van der Waals surface area (Å²) in [5.74, 6) is 0.426. The molecule has 1 N–H and O–H groups in total. The van der Waals surface area contributed by atoms with E-state index in [2.05, 4.69) is 15.3 Å². The van der Waals surface area contributed by atoms with Crippen molar-refractivity contribution in [1.29, 1.82) is 0 Å². The van der Waals surface area contributed by atoms with Gasteiger partial charge in [-0.05, 0) is 11.6 Å². The number of rotatable bonds is 4. The summed E-state index contributed by atoms with van der Waals surface area (Å²) in [7, 11) is 3.45. The van der Waals surface area contributed by atoms with E-state index in [1.54, 1.807) is 25.1 Å². The molecule has 0 atom stereocenters. The summed E-state index contributed by atoms with van der Waals surface area (Å²) in [6.45, 7) is 0.425. The number of nitrogens with one attached hydrogen (secondary N) is 1. The number of anilines is 1. The standard InChI is InChI=1S/C14H15ClN4O/c1-16-13-8-17-12(7-18-13)14(20)19(2)9-10-5-3-4-6-11(10)15/h3-8H,9H2,1-2H3,(H,16,18). The first-order valence-electron chi connectivity index (χ1n) is 6.10. The zero-order valence-corrected chi connectivity index (χ0v) is 12.1. The van der Waals surface area contributed by atoms with Crippen LogP contribution in [0.2, 0.25) is 5.02 Å². The fourth-order valence-corrected chi connectivity index (χ4v) is 1.91. The zero-order valence-electron chi connectivity index (χ0n) is 11.3. The molecule has 2 rings (SSSR count). The van der Waals surface area contributed by atoms with Gasteiger partial charge in [-0.2, -0.15) is 0 Å². The van der Waals surface area contributed by atoms with Gasteiger partial charge in [-0.1, -0.05) is 29.8 Å². The van der Waals surface area contributed by atoms with E-state index >= 15 is 0 Å². The first-order chi connectivity index (χ1) is 9.61. The number of carbonyl (C=O) groups is 1. The van der Waals surface area contributed by atoms with Crippen molar-refractivity contribution in [1.82, 2.24) is 14.9 Å². The molecule has 0 radical (unpaired) electrons. The number of hydrogen-bond acceptors (Lipinski definition) is 4. The highest BCUT2D eigenvalue weighted by Crippen LogP contribution is 2.17. The molecule has 0 aliphatic rings. The van der Waals surface area contributed by atoms with E-state index in [1.165, 1.54) is 12.4 Å². The minimum atomic E-state index is -0.194. The number of halogens is 1. The van der Waals surface area contributed by atoms with E-state index < -0.39 is 0 Å². The molecule has 5 nitrogen and oxygen atoms in total. The molecule has 20 heavy (non-hydrogen) atoms. The Hall–Kier alpha value is -2.14. The SMILES string of the molecule is CNc1cnc(C(=O)N(C)Cc2ccccc2Cl)cn1. The minimum Gasteiger partial charge on any atom is -0.372 e. The second-order valence-electron chi connectivity index (χ2n) is 4.29. The van der Waals surface area contributed by atoms with E-state index in [4.69, 9.17) is 11.6 Å². The minimum absolute atomic E-state index is 0.194. The molecular formula is C14H15ClN4O. The number of hydrogen-bond donors (Lipinski definition) is 1. The molecule has 0 aliphatic heterocycles. The van der Waals surface area contributed by atoms with Crippen LogP contribution < -0.4 is 5.32 Å². The van der Waals surface area contributed by atoms with Gasteiger partial charge in [0.2, 0.25) is 0 Å². The largest absolute Gasteiger partial charge is 0.372 e. The number of aromatic nitrogens is 2. The molecule has 0 saturated heterocycles. The Morgan fingerprint density at radius 1 is 1.30 bits per heavy atom. The molecular weight excluding hydrogens is 276 g/mol. The van der Waals surface area contributed by atoms with E-state index in [9.17, 15) is 4.79 Å². The van der Waals surface area contributed by atoms with Crippen LogP contribution in [0.4, 0.5) is 5.82 Å². The van der Waals surface area contributed by atoms with Gasteiger partial charge in [0.15, 0.2) is 0 Å². The van der Waals surface area contributed by atoms with Crippen molar-refractivity contribution < 1.29 is 4.79 Å². The van der Waals surface area contributed by atoms with Gasteiger partial charge < -0.3 is 10.2 Å². The molecule has 1 aromatic carbocycles. The van der Waals surface area contributed by atoms with Crippen LogP contribution in [0.15, 0.2) is 36.7 Å². The van der Waals surface area contributed by atoms with Gasteiger partial charge >= 0.3 is 0 Å². The Morgan fingerprint density at radius 3 is 2.65 bits per heavy atom. The predicted octanol–water partition coefficient (Wildman–Crippen LogP) is 2.44. The molecule has 1 heterocycles. The fourth-order valence-electron chi connectivity index (χ4n) is 1.72. The van der Waals surface area contributed by atoms with Gasteiger partial charge in [0, 0.05) is 25.7 Å². The lowest BCUT2D eigenvalue weighted by molar-refractivity contribution is 0.0779. The van der Waals surface area contributed by atoms with Crippen molar-refractivity contribution in [2.24, 2.45) is 0 Å². The van der Waals surface area contributed by atoms with Crippen LogP contribution in [0, 0.1) is 0 Å². The zero-order chi connectivity index (χ0) is 14.5. The molecule has 0 unspecified atom stereocenters. The van der Waals surface area contributed by atoms with Crippen molar-refractivity contribution in [3.8, 4) is 0 Å². The Balaban J connectivity index is 2.10. The van der Waals surface area contributed by atoms with Crippen LogP contribution in [0.5, 0.6) is 0 Å². The number of nitrogens with zero attached hydrogens (tertiary/aromatic N) is 3. The van der Waals surface area contributed by atoms with Gasteiger partial charge in [-0.25, -0.2) is 9.97 Å². The molecule has 0 saturated carbocycles. The monoisotopic (exact) mass is 290 g/mol. The van der Waals surface area contributed by atoms with E-state index in [0.29, 0.717) is 23.1 Å². The van der Waals surface area contributed by atoms with Gasteiger partial charge in [-0.15, -0.1) is 0 Å². The summed E-state index contributed by atoms with van der Waals surface area (Å²) in [4.78, 5) is 21.9. The molecule has 6 heteroatoms. The van der Waals surface area contributed by atoms with Crippen LogP contribution in [-0.4, -0.2) is 34.9 Å². The molecule has 0 fully saturated rings. The quantitative estimate of drug-likeness (QED) is 0.940. The first-order valence-corrected chi connectivity index (χ1v) is 6.48. The average molecular weight is 291 g/mol. The molecule has 0 bridgehead atoms. The van der Waals surface area contributed by atoms with Gasteiger partial charge in [0.25, 0.3) is 5.91 Å². The number of benzene rings is 1. The van der Waals surface area contributed by atoms with Crippen molar-refractivity contribution in [3.63, 3.8) is 0 Å². The van der Waals surface area contributed by atoms with Crippen molar-refractivity contribution >= 4 is 23.3 Å². The van der Waals surface area contributed by atoms with Gasteiger partial charge in [-0.3, -0.25) is 4.79 Å². The molecule has 0 spiro atoms. The molecule has 0 aliphatic carbocycles. The average Bonchev–Trinajstić information content (AvgIpc) is 2.49. The lowest BCUT2D eigenvalue weighted by atomic mass is 10.2. The Kier molecular flexibility index (Phi) is 4.53. The number of carbonyl (C=O) groups excluding carboxylic acids is 1. The van der Waals surface area contributed by atoms with Crippen LogP contribution in [0.3, 0.4) is 0 Å². The Bertz CT molecular complexity index is 600. The summed E-state index contributed by atoms with van der Waals surface area (Å²) in [6, 6.07) is 7.44. The second-order valence-corrected chi connectivity index (χ2v) is 4.70. The topological polar surface area (TPSA) is 58.1 Å². The summed E-state index contributed by atoms with van der Waals surface area (Å²) in [5.41, 5.74) is 1.20. The Morgan fingerprint density at radius 2 is 2.05 bits per heavy atom. The second kappa shape index (κ2) is 6.34. The van der Waals surface area contributed by atoms with Gasteiger partial charge in [0.1, 0.15) is 11.5 Å². The highest BCUT2D eigenvalue weighted by Gasteiger charge is 2.14. The summed E-state index contributed by atoms with van der Waals surface area (Å²) in [6.07, 6.45) is 2.98. The molecule has 2 aromatic rings. The molecule has 1 aromatic heterocycles. The summed E-state index contributed by atoms with van der Waals surface area (Å²) < 4.78 is 0. The van der Waals surface area contributed by atoms with Crippen molar-refractivity contribution in [2.75, 3.05) is 19.4 Å². The number of amides is 1. The summed E-state index contributed by atoms with van der Waals surface area (Å²) >= 11 is 6.08. The third-order valence-electron chi connectivity index (χ3n) is 2.84. The lowest BCUT2D eigenvalue weighted by Crippen LogP contribution is -2.27. The van der Waals surface area contributed by atoms with E-state index in [1.807, 2.05) is 18.2 Å². The maximum Gasteiger partial charge on any atom is 0.274 e. The Labute approximate surface area is 122 Å². The van der Waals surface area contributed by atoms with Gasteiger partial charge in [0.05, 0.1) is 12.4 Å².